The highest BCUT2D eigenvalue weighted by Gasteiger charge is 2.26. The quantitative estimate of drug-likeness (QED) is 0.919. The van der Waals surface area contributed by atoms with E-state index in [1.165, 1.54) is 0 Å². The molecule has 1 unspecified atom stereocenters. The molecule has 1 aromatic heterocycles. The zero-order valence-electron chi connectivity index (χ0n) is 14.2. The second kappa shape index (κ2) is 8.06. The van der Waals surface area contributed by atoms with E-state index < -0.39 is 0 Å². The molecule has 1 aliphatic heterocycles. The first-order valence-corrected chi connectivity index (χ1v) is 8.70. The van der Waals surface area contributed by atoms with Crippen LogP contribution in [0.15, 0.2) is 54.7 Å². The smallest absolute Gasteiger partial charge is 0.223 e. The molecular weight excluding hydrogens is 298 g/mol. The van der Waals surface area contributed by atoms with E-state index in [0.717, 1.165) is 43.7 Å². The average Bonchev–Trinajstić information content (AvgIpc) is 2.64. The number of carbonyl (C=O) groups excluding carboxylic acids is 1. The van der Waals surface area contributed by atoms with Crippen LogP contribution < -0.4 is 5.32 Å². The Morgan fingerprint density at radius 2 is 1.88 bits per heavy atom. The minimum atomic E-state index is 0.0604. The summed E-state index contributed by atoms with van der Waals surface area (Å²) in [6.45, 7) is 4.82. The second-order valence-corrected chi connectivity index (χ2v) is 6.51. The number of pyridine rings is 1. The maximum Gasteiger partial charge on any atom is 0.223 e. The normalized spacial score (nSPS) is 17.4. The van der Waals surface area contributed by atoms with Gasteiger partial charge in [-0.15, -0.1) is 0 Å². The fourth-order valence-corrected chi connectivity index (χ4v) is 3.23. The van der Waals surface area contributed by atoms with Gasteiger partial charge in [-0.3, -0.25) is 14.7 Å². The number of likely N-dealkylation sites (tertiary alicyclic amines) is 1. The third kappa shape index (κ3) is 4.42. The van der Waals surface area contributed by atoms with Crippen molar-refractivity contribution in [3.63, 3.8) is 0 Å². The molecular formula is C20H25N3O. The van der Waals surface area contributed by atoms with E-state index in [0.29, 0.717) is 0 Å². The van der Waals surface area contributed by atoms with Gasteiger partial charge in [0.15, 0.2) is 0 Å². The summed E-state index contributed by atoms with van der Waals surface area (Å²) >= 11 is 0. The van der Waals surface area contributed by atoms with E-state index >= 15 is 0 Å². The first-order valence-electron chi connectivity index (χ1n) is 8.70. The standard InChI is InChI=1S/C20H25N3O/c1-16(17-7-3-2-4-8-17)22-20(24)18-10-13-23(14-11-18)15-19-9-5-6-12-21-19/h2-9,12,16,18H,10-11,13-15H2,1H3,(H,22,24). The molecule has 126 valence electrons. The predicted molar refractivity (Wildman–Crippen MR) is 95.2 cm³/mol. The van der Waals surface area contributed by atoms with E-state index in [4.69, 9.17) is 0 Å². The summed E-state index contributed by atoms with van der Waals surface area (Å²) in [6, 6.07) is 16.2. The molecule has 1 saturated heterocycles. The van der Waals surface area contributed by atoms with Crippen molar-refractivity contribution in [2.45, 2.75) is 32.4 Å². The minimum Gasteiger partial charge on any atom is -0.349 e. The van der Waals surface area contributed by atoms with Crippen LogP contribution in [-0.2, 0) is 11.3 Å². The number of aromatic nitrogens is 1. The average molecular weight is 323 g/mol. The van der Waals surface area contributed by atoms with Crippen LogP contribution in [0.1, 0.15) is 37.1 Å². The predicted octanol–water partition coefficient (Wildman–Crippen LogP) is 3.17. The lowest BCUT2D eigenvalue weighted by atomic mass is 9.95. The van der Waals surface area contributed by atoms with Crippen molar-refractivity contribution in [1.29, 1.82) is 0 Å². The number of benzene rings is 1. The van der Waals surface area contributed by atoms with Crippen LogP contribution in [0.3, 0.4) is 0 Å². The number of hydrogen-bond donors (Lipinski definition) is 1. The fourth-order valence-electron chi connectivity index (χ4n) is 3.23. The Bertz CT molecular complexity index is 636. The van der Waals surface area contributed by atoms with Crippen molar-refractivity contribution in [1.82, 2.24) is 15.2 Å². The summed E-state index contributed by atoms with van der Waals surface area (Å²) in [6.07, 6.45) is 3.67. The molecule has 1 fully saturated rings. The van der Waals surface area contributed by atoms with Gasteiger partial charge >= 0.3 is 0 Å². The van der Waals surface area contributed by atoms with Crippen LogP contribution in [0.5, 0.6) is 0 Å². The van der Waals surface area contributed by atoms with E-state index in [-0.39, 0.29) is 17.9 Å². The molecule has 0 spiro atoms. The molecule has 0 radical (unpaired) electrons. The second-order valence-electron chi connectivity index (χ2n) is 6.51. The molecule has 2 heterocycles. The largest absolute Gasteiger partial charge is 0.349 e. The Morgan fingerprint density at radius 3 is 2.54 bits per heavy atom. The van der Waals surface area contributed by atoms with Crippen molar-refractivity contribution < 1.29 is 4.79 Å². The Kier molecular flexibility index (Phi) is 5.59. The molecule has 0 saturated carbocycles. The number of amides is 1. The third-order valence-corrected chi connectivity index (χ3v) is 4.73. The van der Waals surface area contributed by atoms with Crippen LogP contribution >= 0.6 is 0 Å². The number of carbonyl (C=O) groups is 1. The van der Waals surface area contributed by atoms with Gasteiger partial charge in [0, 0.05) is 18.7 Å². The Morgan fingerprint density at radius 1 is 1.17 bits per heavy atom. The highest BCUT2D eigenvalue weighted by molar-refractivity contribution is 5.79. The lowest BCUT2D eigenvalue weighted by molar-refractivity contribution is -0.127. The van der Waals surface area contributed by atoms with Gasteiger partial charge in [0.25, 0.3) is 0 Å². The van der Waals surface area contributed by atoms with Gasteiger partial charge in [0.05, 0.1) is 11.7 Å². The van der Waals surface area contributed by atoms with Gasteiger partial charge in [-0.05, 0) is 50.6 Å². The van der Waals surface area contributed by atoms with E-state index in [1.807, 2.05) is 43.5 Å². The lowest BCUT2D eigenvalue weighted by Crippen LogP contribution is -2.41. The molecule has 4 nitrogen and oxygen atoms in total. The van der Waals surface area contributed by atoms with Crippen molar-refractivity contribution in [2.75, 3.05) is 13.1 Å². The number of nitrogens with zero attached hydrogens (tertiary/aromatic N) is 2. The summed E-state index contributed by atoms with van der Waals surface area (Å²) in [5, 5.41) is 3.16. The summed E-state index contributed by atoms with van der Waals surface area (Å²) < 4.78 is 0. The number of piperidine rings is 1. The zero-order chi connectivity index (χ0) is 16.8. The summed E-state index contributed by atoms with van der Waals surface area (Å²) in [4.78, 5) is 19.3. The minimum absolute atomic E-state index is 0.0604. The maximum absolute atomic E-state index is 12.5. The van der Waals surface area contributed by atoms with E-state index in [2.05, 4.69) is 33.4 Å². The van der Waals surface area contributed by atoms with Crippen LogP contribution in [0, 0.1) is 5.92 Å². The third-order valence-electron chi connectivity index (χ3n) is 4.73. The summed E-state index contributed by atoms with van der Waals surface area (Å²) in [5.74, 6) is 0.306. The van der Waals surface area contributed by atoms with Gasteiger partial charge in [-0.25, -0.2) is 0 Å². The highest BCUT2D eigenvalue weighted by Crippen LogP contribution is 2.20. The van der Waals surface area contributed by atoms with Crippen molar-refractivity contribution in [3.05, 3.63) is 66.0 Å². The zero-order valence-corrected chi connectivity index (χ0v) is 14.2. The molecule has 0 bridgehead atoms. The maximum atomic E-state index is 12.5. The highest BCUT2D eigenvalue weighted by atomic mass is 16.1. The van der Waals surface area contributed by atoms with Crippen LogP contribution in [0.25, 0.3) is 0 Å². The molecule has 1 aromatic carbocycles. The Balaban J connectivity index is 1.47. The van der Waals surface area contributed by atoms with E-state index in [9.17, 15) is 4.79 Å². The molecule has 0 aliphatic carbocycles. The first kappa shape index (κ1) is 16.7. The molecule has 1 atom stereocenters. The number of hydrogen-bond acceptors (Lipinski definition) is 3. The molecule has 24 heavy (non-hydrogen) atoms. The number of nitrogens with one attached hydrogen (secondary N) is 1. The van der Waals surface area contributed by atoms with Crippen LogP contribution in [0.2, 0.25) is 0 Å². The number of rotatable bonds is 5. The van der Waals surface area contributed by atoms with Crippen molar-refractivity contribution in [2.24, 2.45) is 5.92 Å². The van der Waals surface area contributed by atoms with Crippen LogP contribution in [0.4, 0.5) is 0 Å². The molecule has 2 aromatic rings. The monoisotopic (exact) mass is 323 g/mol. The molecule has 1 amide bonds. The molecule has 1 aliphatic rings. The summed E-state index contributed by atoms with van der Waals surface area (Å²) in [7, 11) is 0. The lowest BCUT2D eigenvalue weighted by Gasteiger charge is -2.31. The van der Waals surface area contributed by atoms with Gasteiger partial charge in [-0.1, -0.05) is 36.4 Å². The summed E-state index contributed by atoms with van der Waals surface area (Å²) in [5.41, 5.74) is 2.25. The van der Waals surface area contributed by atoms with Crippen LogP contribution in [-0.4, -0.2) is 28.9 Å². The fraction of sp³-hybridized carbons (Fsp3) is 0.400. The molecule has 1 N–H and O–H groups in total. The van der Waals surface area contributed by atoms with Crippen molar-refractivity contribution >= 4 is 5.91 Å². The van der Waals surface area contributed by atoms with E-state index in [1.54, 1.807) is 0 Å². The topological polar surface area (TPSA) is 45.2 Å². The Hall–Kier alpha value is -2.20. The van der Waals surface area contributed by atoms with Gasteiger partial charge in [0.1, 0.15) is 0 Å². The first-order chi connectivity index (χ1) is 11.7. The Labute approximate surface area is 143 Å². The van der Waals surface area contributed by atoms with Gasteiger partial charge in [0.2, 0.25) is 5.91 Å². The van der Waals surface area contributed by atoms with Gasteiger partial charge < -0.3 is 5.32 Å². The van der Waals surface area contributed by atoms with Crippen molar-refractivity contribution in [3.8, 4) is 0 Å². The molecule has 3 rings (SSSR count). The SMILES string of the molecule is CC(NC(=O)C1CCN(Cc2ccccn2)CC1)c1ccccc1. The van der Waals surface area contributed by atoms with Gasteiger partial charge in [-0.2, -0.15) is 0 Å². The molecule has 4 heteroatoms.